The first-order valence-corrected chi connectivity index (χ1v) is 5.99. The highest BCUT2D eigenvalue weighted by Crippen LogP contribution is 2.48. The number of hydrogen-bond acceptors (Lipinski definition) is 2. The molecule has 2 N–H and O–H groups in total. The molecule has 1 saturated carbocycles. The van der Waals surface area contributed by atoms with Crippen LogP contribution in [0, 0.1) is 11.2 Å². The van der Waals surface area contributed by atoms with E-state index in [1.165, 1.54) is 31.7 Å². The van der Waals surface area contributed by atoms with Crippen LogP contribution >= 0.6 is 0 Å². The van der Waals surface area contributed by atoms with Crippen LogP contribution < -0.4 is 10.6 Å². The van der Waals surface area contributed by atoms with Crippen molar-refractivity contribution in [1.29, 1.82) is 0 Å². The summed E-state index contributed by atoms with van der Waals surface area (Å²) in [5, 5.41) is 0. The lowest BCUT2D eigenvalue weighted by molar-refractivity contribution is 0.220. The first-order valence-electron chi connectivity index (χ1n) is 5.99. The van der Waals surface area contributed by atoms with Crippen LogP contribution in [-0.2, 0) is 0 Å². The van der Waals surface area contributed by atoms with E-state index in [2.05, 4.69) is 4.90 Å². The standard InChI is InChI=1S/C13H17FN2/c14-10-4-3-5-11(15)12(10)16-8-13(9-16)6-1-2-7-13/h3-5H,1-2,6-9,15H2. The van der Waals surface area contributed by atoms with Crippen molar-refractivity contribution in [2.75, 3.05) is 23.7 Å². The quantitative estimate of drug-likeness (QED) is 0.737. The lowest BCUT2D eigenvalue weighted by Crippen LogP contribution is -2.55. The number of nitrogens with two attached hydrogens (primary N) is 1. The first kappa shape index (κ1) is 9.94. The van der Waals surface area contributed by atoms with E-state index in [9.17, 15) is 4.39 Å². The van der Waals surface area contributed by atoms with Gasteiger partial charge < -0.3 is 10.6 Å². The van der Waals surface area contributed by atoms with E-state index in [0.717, 1.165) is 13.1 Å². The molecule has 0 unspecified atom stereocenters. The second kappa shape index (κ2) is 3.37. The Kier molecular flexibility index (Phi) is 2.09. The number of anilines is 2. The van der Waals surface area contributed by atoms with Crippen molar-refractivity contribution in [1.82, 2.24) is 0 Å². The van der Waals surface area contributed by atoms with Gasteiger partial charge in [-0.05, 0) is 25.0 Å². The van der Waals surface area contributed by atoms with Gasteiger partial charge in [0, 0.05) is 18.5 Å². The number of nitrogens with zero attached hydrogens (tertiary/aromatic N) is 1. The summed E-state index contributed by atoms with van der Waals surface area (Å²) in [5.41, 5.74) is 7.49. The minimum atomic E-state index is -0.187. The summed E-state index contributed by atoms with van der Waals surface area (Å²) in [5.74, 6) is -0.187. The van der Waals surface area contributed by atoms with Gasteiger partial charge in [0.05, 0.1) is 11.4 Å². The summed E-state index contributed by atoms with van der Waals surface area (Å²) in [6.07, 6.45) is 5.27. The molecule has 3 heteroatoms. The maximum Gasteiger partial charge on any atom is 0.148 e. The molecular weight excluding hydrogens is 203 g/mol. The zero-order chi connectivity index (χ0) is 11.2. The van der Waals surface area contributed by atoms with Crippen molar-refractivity contribution in [3.8, 4) is 0 Å². The Morgan fingerprint density at radius 3 is 2.50 bits per heavy atom. The molecule has 0 bridgehead atoms. The molecule has 1 aliphatic heterocycles. The molecule has 0 aromatic heterocycles. The van der Waals surface area contributed by atoms with Gasteiger partial charge >= 0.3 is 0 Å². The molecule has 1 saturated heterocycles. The molecule has 0 radical (unpaired) electrons. The number of rotatable bonds is 1. The summed E-state index contributed by atoms with van der Waals surface area (Å²) < 4.78 is 13.7. The van der Waals surface area contributed by atoms with E-state index >= 15 is 0 Å². The highest BCUT2D eigenvalue weighted by Gasteiger charge is 2.45. The van der Waals surface area contributed by atoms with E-state index in [4.69, 9.17) is 5.73 Å². The molecule has 16 heavy (non-hydrogen) atoms. The minimum Gasteiger partial charge on any atom is -0.397 e. The fourth-order valence-electron chi connectivity index (χ4n) is 3.23. The maximum atomic E-state index is 13.7. The van der Waals surface area contributed by atoms with Gasteiger partial charge in [-0.1, -0.05) is 18.9 Å². The zero-order valence-electron chi connectivity index (χ0n) is 9.38. The molecular formula is C13H17FN2. The van der Waals surface area contributed by atoms with Gasteiger partial charge in [0.1, 0.15) is 5.82 Å². The summed E-state index contributed by atoms with van der Waals surface area (Å²) in [4.78, 5) is 2.09. The summed E-state index contributed by atoms with van der Waals surface area (Å²) >= 11 is 0. The van der Waals surface area contributed by atoms with Gasteiger partial charge in [-0.3, -0.25) is 0 Å². The Morgan fingerprint density at radius 1 is 1.19 bits per heavy atom. The van der Waals surface area contributed by atoms with Crippen molar-refractivity contribution in [2.45, 2.75) is 25.7 Å². The van der Waals surface area contributed by atoms with Gasteiger partial charge in [-0.15, -0.1) is 0 Å². The van der Waals surface area contributed by atoms with Gasteiger partial charge in [0.15, 0.2) is 0 Å². The Labute approximate surface area is 95.2 Å². The van der Waals surface area contributed by atoms with Gasteiger partial charge in [-0.2, -0.15) is 0 Å². The monoisotopic (exact) mass is 220 g/mol. The molecule has 2 fully saturated rings. The zero-order valence-corrected chi connectivity index (χ0v) is 9.38. The van der Waals surface area contributed by atoms with E-state index in [0.29, 0.717) is 16.8 Å². The number of halogens is 1. The van der Waals surface area contributed by atoms with Crippen molar-refractivity contribution < 1.29 is 4.39 Å². The second-order valence-corrected chi connectivity index (χ2v) is 5.24. The second-order valence-electron chi connectivity index (χ2n) is 5.24. The fraction of sp³-hybridized carbons (Fsp3) is 0.538. The summed E-state index contributed by atoms with van der Waals surface area (Å²) in [6.45, 7) is 1.97. The maximum absolute atomic E-state index is 13.7. The molecule has 1 aromatic rings. The highest BCUT2D eigenvalue weighted by molar-refractivity contribution is 5.69. The molecule has 1 aliphatic carbocycles. The Balaban J connectivity index is 1.81. The average Bonchev–Trinajstić information content (AvgIpc) is 2.65. The van der Waals surface area contributed by atoms with Gasteiger partial charge in [0.25, 0.3) is 0 Å². The molecule has 3 rings (SSSR count). The molecule has 1 spiro atoms. The van der Waals surface area contributed by atoms with Crippen LogP contribution in [0.2, 0.25) is 0 Å². The predicted octanol–water partition coefficient (Wildman–Crippen LogP) is 2.79. The van der Waals surface area contributed by atoms with Crippen LogP contribution in [0.3, 0.4) is 0 Å². The third-order valence-electron chi connectivity index (χ3n) is 4.05. The number of nitrogen functional groups attached to an aromatic ring is 1. The third-order valence-corrected chi connectivity index (χ3v) is 4.05. The van der Waals surface area contributed by atoms with Crippen molar-refractivity contribution in [2.24, 2.45) is 5.41 Å². The van der Waals surface area contributed by atoms with Crippen LogP contribution in [0.25, 0.3) is 0 Å². The average molecular weight is 220 g/mol. The third kappa shape index (κ3) is 1.38. The van der Waals surface area contributed by atoms with Crippen LogP contribution in [0.15, 0.2) is 18.2 Å². The summed E-state index contributed by atoms with van der Waals surface area (Å²) in [6, 6.07) is 4.93. The van der Waals surface area contributed by atoms with E-state index < -0.39 is 0 Å². The van der Waals surface area contributed by atoms with Crippen LogP contribution in [0.5, 0.6) is 0 Å². The van der Waals surface area contributed by atoms with Crippen LogP contribution in [-0.4, -0.2) is 13.1 Å². The molecule has 0 atom stereocenters. The molecule has 0 amide bonds. The van der Waals surface area contributed by atoms with Crippen molar-refractivity contribution >= 4 is 11.4 Å². The van der Waals surface area contributed by atoms with E-state index in [1.54, 1.807) is 12.1 Å². The smallest absolute Gasteiger partial charge is 0.148 e. The topological polar surface area (TPSA) is 29.3 Å². The van der Waals surface area contributed by atoms with Crippen LogP contribution in [0.1, 0.15) is 25.7 Å². The molecule has 1 heterocycles. The fourth-order valence-corrected chi connectivity index (χ4v) is 3.23. The van der Waals surface area contributed by atoms with E-state index in [-0.39, 0.29) is 5.82 Å². The Bertz CT molecular complexity index is 382. The largest absolute Gasteiger partial charge is 0.397 e. The number of para-hydroxylation sites is 1. The highest BCUT2D eigenvalue weighted by atomic mass is 19.1. The summed E-state index contributed by atoms with van der Waals surface area (Å²) in [7, 11) is 0. The minimum absolute atomic E-state index is 0.187. The molecule has 2 nitrogen and oxygen atoms in total. The number of hydrogen-bond donors (Lipinski definition) is 1. The lowest BCUT2D eigenvalue weighted by atomic mass is 9.78. The normalized spacial score (nSPS) is 22.4. The van der Waals surface area contributed by atoms with Crippen molar-refractivity contribution in [3.05, 3.63) is 24.0 Å². The Morgan fingerprint density at radius 2 is 1.88 bits per heavy atom. The predicted molar refractivity (Wildman–Crippen MR) is 63.9 cm³/mol. The van der Waals surface area contributed by atoms with Gasteiger partial charge in [-0.25, -0.2) is 4.39 Å². The first-order chi connectivity index (χ1) is 7.70. The van der Waals surface area contributed by atoms with E-state index in [1.807, 2.05) is 0 Å². The van der Waals surface area contributed by atoms with Crippen molar-refractivity contribution in [3.63, 3.8) is 0 Å². The Hall–Kier alpha value is -1.25. The number of benzene rings is 1. The molecule has 2 aliphatic rings. The van der Waals surface area contributed by atoms with Crippen LogP contribution in [0.4, 0.5) is 15.8 Å². The SMILES string of the molecule is Nc1cccc(F)c1N1CC2(CCCC2)C1. The molecule has 86 valence electrons. The lowest BCUT2D eigenvalue weighted by Gasteiger charge is -2.50. The molecule has 1 aromatic carbocycles. The van der Waals surface area contributed by atoms with Gasteiger partial charge in [0.2, 0.25) is 0 Å².